The molecular weight excluding hydrogens is 673 g/mol. The fraction of sp³-hybridized carbons (Fsp3) is 0.622. The summed E-state index contributed by atoms with van der Waals surface area (Å²) in [6.45, 7) is 13.3. The van der Waals surface area contributed by atoms with Crippen molar-refractivity contribution < 1.29 is 32.4 Å². The predicted octanol–water partition coefficient (Wildman–Crippen LogP) is 2.52. The van der Waals surface area contributed by atoms with Crippen LogP contribution in [0.5, 0.6) is 0 Å². The zero-order chi connectivity index (χ0) is 37.8. The molecule has 51 heavy (non-hydrogen) atoms. The second-order valence-corrected chi connectivity index (χ2v) is 17.7. The van der Waals surface area contributed by atoms with Crippen LogP contribution in [0.1, 0.15) is 79.6 Å². The van der Waals surface area contributed by atoms with Crippen LogP contribution in [-0.2, 0) is 29.0 Å². The van der Waals surface area contributed by atoms with Gasteiger partial charge in [0, 0.05) is 25.7 Å². The number of rotatable bonds is 14. The number of sulfone groups is 1. The van der Waals surface area contributed by atoms with E-state index in [1.807, 2.05) is 13.8 Å². The van der Waals surface area contributed by atoms with E-state index in [1.165, 1.54) is 23.2 Å². The van der Waals surface area contributed by atoms with E-state index in [-0.39, 0.29) is 54.0 Å². The van der Waals surface area contributed by atoms with Crippen molar-refractivity contribution >= 4 is 39.4 Å². The van der Waals surface area contributed by atoms with E-state index < -0.39 is 68.5 Å². The number of hydrogen-bond donors (Lipinski definition) is 4. The molecule has 1 aromatic heterocycles. The highest BCUT2D eigenvalue weighted by atomic mass is 32.2. The molecule has 4 N–H and O–H groups in total. The van der Waals surface area contributed by atoms with Crippen molar-refractivity contribution in [2.75, 3.05) is 18.8 Å². The molecular formula is C37H52N6O7S. The van der Waals surface area contributed by atoms with E-state index >= 15 is 0 Å². The largest absolute Gasteiger partial charge is 0.346 e. The number of nitrogens with one attached hydrogen (secondary N) is 4. The first kappa shape index (κ1) is 39.5. The molecule has 1 saturated heterocycles. The highest BCUT2D eigenvalue weighted by Crippen LogP contribution is 2.65. The molecule has 0 radical (unpaired) electrons. The Labute approximate surface area is 301 Å². The molecule has 3 fully saturated rings. The van der Waals surface area contributed by atoms with Crippen molar-refractivity contribution in [2.24, 2.45) is 22.7 Å². The van der Waals surface area contributed by atoms with Gasteiger partial charge in [-0.05, 0) is 54.1 Å². The van der Waals surface area contributed by atoms with E-state index in [4.69, 9.17) is 6.42 Å². The van der Waals surface area contributed by atoms with E-state index in [9.17, 15) is 32.4 Å². The molecule has 0 spiro atoms. The summed E-state index contributed by atoms with van der Waals surface area (Å²) in [4.78, 5) is 73.3. The number of likely N-dealkylation sites (tertiary alicyclic amines) is 1. The van der Waals surface area contributed by atoms with Gasteiger partial charge in [-0.3, -0.25) is 19.2 Å². The molecule has 14 heteroatoms. The third kappa shape index (κ3) is 8.98. The Balaban J connectivity index is 1.56. The maximum atomic E-state index is 14.5. The van der Waals surface area contributed by atoms with E-state index in [0.717, 1.165) is 19.3 Å². The Morgan fingerprint density at radius 3 is 2.39 bits per heavy atom. The molecule has 2 aliphatic carbocycles. The average molecular weight is 725 g/mol. The number of carbonyl (C=O) groups excluding carboxylic acids is 5. The lowest BCUT2D eigenvalue weighted by atomic mass is 9.83. The number of nitrogens with zero attached hydrogens (tertiary/aromatic N) is 2. The summed E-state index contributed by atoms with van der Waals surface area (Å²) in [6, 6.07) is 0.721. The second-order valence-electron chi connectivity index (χ2n) is 15.7. The number of amides is 5. The smallest absolute Gasteiger partial charge is 0.315 e. The first-order valence-electron chi connectivity index (χ1n) is 17.6. The minimum atomic E-state index is -3.85. The van der Waals surface area contributed by atoms with Gasteiger partial charge in [0.05, 0.1) is 17.3 Å². The van der Waals surface area contributed by atoms with Crippen LogP contribution < -0.4 is 21.3 Å². The molecule has 0 aromatic carbocycles. The lowest BCUT2D eigenvalue weighted by Crippen LogP contribution is -2.63. The minimum absolute atomic E-state index is 0.00436. The Bertz CT molecular complexity index is 1660. The topological polar surface area (TPSA) is 184 Å². The van der Waals surface area contributed by atoms with Gasteiger partial charge in [0.15, 0.2) is 14.9 Å². The minimum Gasteiger partial charge on any atom is -0.346 e. The van der Waals surface area contributed by atoms with Crippen molar-refractivity contribution in [3.05, 3.63) is 37.1 Å². The number of piperidine rings is 1. The van der Waals surface area contributed by atoms with Crippen LogP contribution in [0, 0.1) is 35.0 Å². The summed E-state index contributed by atoms with van der Waals surface area (Å²) in [7, 11) is -3.85. The van der Waals surface area contributed by atoms with Crippen LogP contribution in [-0.4, -0.2) is 90.3 Å². The summed E-state index contributed by atoms with van der Waals surface area (Å²) in [5.41, 5.74) is -2.14. The first-order valence-corrected chi connectivity index (χ1v) is 19.2. The van der Waals surface area contributed by atoms with Crippen molar-refractivity contribution in [3.63, 3.8) is 0 Å². The number of aromatic nitrogens is 1. The monoisotopic (exact) mass is 724 g/mol. The molecule has 4 rings (SSSR count). The third-order valence-electron chi connectivity index (χ3n) is 10.6. The molecule has 278 valence electrons. The normalized spacial score (nSPS) is 23.0. The molecule has 3 unspecified atom stereocenters. The van der Waals surface area contributed by atoms with Crippen LogP contribution in [0.2, 0.25) is 0 Å². The van der Waals surface area contributed by atoms with Crippen LogP contribution in [0.15, 0.2) is 42.1 Å². The molecule has 13 nitrogen and oxygen atoms in total. The number of urea groups is 1. The maximum absolute atomic E-state index is 14.5. The van der Waals surface area contributed by atoms with Gasteiger partial charge < -0.3 is 26.2 Å². The fourth-order valence-corrected chi connectivity index (χ4v) is 9.45. The lowest BCUT2D eigenvalue weighted by Gasteiger charge is -2.40. The van der Waals surface area contributed by atoms with Gasteiger partial charge in [-0.25, -0.2) is 18.2 Å². The number of Topliss-reactive ketones (excluding diaryl/α,β-unsaturated/α-hetero) is 1. The quantitative estimate of drug-likeness (QED) is 0.128. The zero-order valence-electron chi connectivity index (χ0n) is 30.3. The summed E-state index contributed by atoms with van der Waals surface area (Å²) in [5.74, 6) is -0.893. The lowest BCUT2D eigenvalue weighted by molar-refractivity contribution is -0.145. The average Bonchev–Trinajstić information content (AvgIpc) is 3.38. The maximum Gasteiger partial charge on any atom is 0.315 e. The van der Waals surface area contributed by atoms with Crippen LogP contribution in [0.25, 0.3) is 0 Å². The second kappa shape index (κ2) is 15.6. The van der Waals surface area contributed by atoms with E-state index in [0.29, 0.717) is 12.8 Å². The SMILES string of the molecule is C#CCCC(NC(=O)[C@@H]1C2C(CN1C(=O)[C@@H](NC(=O)NC1(CS(=O)(=O)c3ccccn3)CCCCC1)C(C)(C)C)C2(C)C)C(=O)C(=O)NCC=C. The van der Waals surface area contributed by atoms with Gasteiger partial charge in [0.2, 0.25) is 17.6 Å². The Morgan fingerprint density at radius 1 is 1.12 bits per heavy atom. The van der Waals surface area contributed by atoms with Crippen LogP contribution >= 0.6 is 0 Å². The van der Waals surface area contributed by atoms with Gasteiger partial charge >= 0.3 is 6.03 Å². The van der Waals surface area contributed by atoms with Crippen molar-refractivity contribution in [1.29, 1.82) is 0 Å². The summed E-state index contributed by atoms with van der Waals surface area (Å²) >= 11 is 0. The number of fused-ring (bicyclic) bond motifs is 1. The van der Waals surface area contributed by atoms with Gasteiger partial charge in [0.25, 0.3) is 5.91 Å². The van der Waals surface area contributed by atoms with Gasteiger partial charge in [-0.2, -0.15) is 0 Å². The molecule has 5 amide bonds. The van der Waals surface area contributed by atoms with Gasteiger partial charge in [-0.15, -0.1) is 18.9 Å². The summed E-state index contributed by atoms with van der Waals surface area (Å²) < 4.78 is 26.8. The van der Waals surface area contributed by atoms with Crippen LogP contribution in [0.3, 0.4) is 0 Å². The molecule has 0 bridgehead atoms. The summed E-state index contributed by atoms with van der Waals surface area (Å²) in [5, 5.41) is 10.9. The number of pyridine rings is 1. The summed E-state index contributed by atoms with van der Waals surface area (Å²) in [6.07, 6.45) is 11.7. The highest BCUT2D eigenvalue weighted by Gasteiger charge is 2.70. The van der Waals surface area contributed by atoms with Crippen molar-refractivity contribution in [1.82, 2.24) is 31.2 Å². The number of carbonyl (C=O) groups is 5. The number of hydrogen-bond acceptors (Lipinski definition) is 8. The third-order valence-corrected chi connectivity index (χ3v) is 12.4. The van der Waals surface area contributed by atoms with E-state index in [2.05, 4.69) is 38.8 Å². The van der Waals surface area contributed by atoms with Crippen LogP contribution in [0.4, 0.5) is 4.79 Å². The molecule has 1 aromatic rings. The number of ketones is 1. The standard InChI is InChI=1S/C37H52N6O7S/c1-8-10-16-25(29(44)32(46)39-20-9-2)40-31(45)28-27-24(36(27,6)7)22-43(28)33(47)30(35(3,4)5)41-34(48)42-37(18-13-11-14-19-37)23-51(49,50)26-17-12-15-21-38-26/h1,9,12,15,17,21,24-25,27-28,30H,2,10-11,13-14,16,18-20,22-23H2,3-7H3,(H,39,46)(H,40,45)(H2,41,42,48)/t24?,25?,27?,28-,30+/m0/s1. The number of terminal acetylenes is 1. The van der Waals surface area contributed by atoms with Crippen molar-refractivity contribution in [2.45, 2.75) is 108 Å². The first-order chi connectivity index (χ1) is 23.9. The van der Waals surface area contributed by atoms with Gasteiger partial charge in [-0.1, -0.05) is 66.0 Å². The molecule has 3 aliphatic rings. The zero-order valence-corrected chi connectivity index (χ0v) is 31.1. The molecule has 2 saturated carbocycles. The van der Waals surface area contributed by atoms with E-state index in [1.54, 1.807) is 32.9 Å². The Morgan fingerprint density at radius 2 is 1.80 bits per heavy atom. The highest BCUT2D eigenvalue weighted by molar-refractivity contribution is 7.91. The molecule has 5 atom stereocenters. The Hall–Kier alpha value is -4.25. The molecule has 1 aliphatic heterocycles. The van der Waals surface area contributed by atoms with Crippen molar-refractivity contribution in [3.8, 4) is 12.3 Å². The Kier molecular flexibility index (Phi) is 12.1. The van der Waals surface area contributed by atoms with Gasteiger partial charge in [0.1, 0.15) is 12.1 Å². The molecule has 2 heterocycles. The predicted molar refractivity (Wildman–Crippen MR) is 191 cm³/mol. The fourth-order valence-electron chi connectivity index (χ4n) is 7.70.